The van der Waals surface area contributed by atoms with Crippen LogP contribution in [0, 0.1) is 0 Å². The van der Waals surface area contributed by atoms with E-state index in [1.165, 1.54) is 29.3 Å². The highest BCUT2D eigenvalue weighted by Crippen LogP contribution is 2.32. The van der Waals surface area contributed by atoms with Crippen LogP contribution in [0.15, 0.2) is 53.1 Å². The molecule has 0 saturated carbocycles. The zero-order valence-corrected chi connectivity index (χ0v) is 25.5. The van der Waals surface area contributed by atoms with Crippen molar-refractivity contribution < 1.29 is 48.3 Å². The summed E-state index contributed by atoms with van der Waals surface area (Å²) in [7, 11) is 0. The Bertz CT molecular complexity index is 1180. The Morgan fingerprint density at radius 1 is 0.786 bits per heavy atom. The van der Waals surface area contributed by atoms with Crippen molar-refractivity contribution in [3.8, 4) is 11.5 Å². The molecule has 5 atom stereocenters. The summed E-state index contributed by atoms with van der Waals surface area (Å²) in [6, 6.07) is 4.47. The minimum atomic E-state index is -1.62. The number of allylic oxidation sites excluding steroid dienone is 6. The number of ether oxygens (including phenoxy) is 5. The van der Waals surface area contributed by atoms with Gasteiger partial charge in [0, 0.05) is 26.3 Å². The fraction of sp³-hybridized carbons (Fsp3) is 0.531. The van der Waals surface area contributed by atoms with Crippen LogP contribution >= 0.6 is 0 Å². The van der Waals surface area contributed by atoms with Gasteiger partial charge in [-0.05, 0) is 78.0 Å². The van der Waals surface area contributed by atoms with Gasteiger partial charge >= 0.3 is 17.9 Å². The molecule has 232 valence electrons. The van der Waals surface area contributed by atoms with E-state index in [1.807, 2.05) is 13.0 Å². The van der Waals surface area contributed by atoms with E-state index in [0.717, 1.165) is 52.0 Å². The predicted molar refractivity (Wildman–Crippen MR) is 155 cm³/mol. The lowest BCUT2D eigenvalue weighted by Crippen LogP contribution is -2.62. The molecule has 1 fully saturated rings. The summed E-state index contributed by atoms with van der Waals surface area (Å²) < 4.78 is 27.3. The predicted octanol–water partition coefficient (Wildman–Crippen LogP) is 5.20. The molecule has 5 unspecified atom stereocenters. The smallest absolute Gasteiger partial charge is 0.305 e. The Balaban J connectivity index is 2.20. The summed E-state index contributed by atoms with van der Waals surface area (Å²) in [6.07, 6.45) is 3.29. The third-order valence-electron chi connectivity index (χ3n) is 6.44. The van der Waals surface area contributed by atoms with Crippen molar-refractivity contribution in [2.45, 2.75) is 111 Å². The maximum absolute atomic E-state index is 11.8. The van der Waals surface area contributed by atoms with Gasteiger partial charge in [0.15, 0.2) is 12.2 Å². The number of esters is 3. The van der Waals surface area contributed by atoms with Gasteiger partial charge < -0.3 is 29.2 Å². The molecule has 2 rings (SSSR count). The summed E-state index contributed by atoms with van der Waals surface area (Å²) in [5, 5.41) is 21.2. The number of phenols is 1. The van der Waals surface area contributed by atoms with Crippen LogP contribution in [0.4, 0.5) is 0 Å². The molecule has 0 radical (unpaired) electrons. The summed E-state index contributed by atoms with van der Waals surface area (Å²) in [6.45, 7) is 11.7. The maximum atomic E-state index is 11.8. The molecule has 42 heavy (non-hydrogen) atoms. The van der Waals surface area contributed by atoms with E-state index in [2.05, 4.69) is 32.9 Å². The molecule has 1 aliphatic rings. The van der Waals surface area contributed by atoms with E-state index in [1.54, 1.807) is 0 Å². The largest absolute Gasteiger partial charge is 0.508 e. The fourth-order valence-corrected chi connectivity index (χ4v) is 4.38. The van der Waals surface area contributed by atoms with Crippen LogP contribution in [0.5, 0.6) is 11.5 Å². The number of aliphatic hydroxyl groups is 1. The van der Waals surface area contributed by atoms with Crippen molar-refractivity contribution in [3.63, 3.8) is 0 Å². The van der Waals surface area contributed by atoms with Gasteiger partial charge in [0.2, 0.25) is 18.7 Å². The van der Waals surface area contributed by atoms with E-state index in [0.29, 0.717) is 12.0 Å². The molecule has 0 aromatic heterocycles. The Kier molecular flexibility index (Phi) is 13.8. The van der Waals surface area contributed by atoms with Crippen molar-refractivity contribution in [1.82, 2.24) is 0 Å². The minimum Gasteiger partial charge on any atom is -0.508 e. The summed E-state index contributed by atoms with van der Waals surface area (Å²) >= 11 is 0. The number of hydrogen-bond donors (Lipinski definition) is 2. The molecule has 10 heteroatoms. The van der Waals surface area contributed by atoms with Gasteiger partial charge in [-0.2, -0.15) is 0 Å². The highest BCUT2D eigenvalue weighted by molar-refractivity contribution is 5.68. The van der Waals surface area contributed by atoms with Crippen LogP contribution in [0.2, 0.25) is 0 Å². The molecule has 1 aromatic carbocycles. The van der Waals surface area contributed by atoms with Gasteiger partial charge in [0.1, 0.15) is 11.5 Å². The maximum Gasteiger partial charge on any atom is 0.305 e. The second kappa shape index (κ2) is 16.7. The van der Waals surface area contributed by atoms with Crippen LogP contribution in [0.1, 0.15) is 79.7 Å². The standard InChI is InChI=1S/C32H44O10/c1-19(2)10-8-11-20(3)12-9-13-21(4)14-15-25-18-26(36)16-17-27(25)41-31-28(37)29(38-22(5)33)30(39-23(6)34)32(42-31)40-24(7)35/h10,12,14,16-18,28-32,36-37H,8-9,11,13,15H2,1-7H3. The van der Waals surface area contributed by atoms with Crippen molar-refractivity contribution >= 4 is 17.9 Å². The Labute approximate surface area is 247 Å². The quantitative estimate of drug-likeness (QED) is 0.180. The first-order chi connectivity index (χ1) is 19.8. The fourth-order valence-electron chi connectivity index (χ4n) is 4.38. The number of rotatable bonds is 13. The Morgan fingerprint density at radius 3 is 1.95 bits per heavy atom. The Morgan fingerprint density at radius 2 is 1.36 bits per heavy atom. The van der Waals surface area contributed by atoms with Gasteiger partial charge in [-0.25, -0.2) is 0 Å². The van der Waals surface area contributed by atoms with Crippen LogP contribution in [0.3, 0.4) is 0 Å². The summed E-state index contributed by atoms with van der Waals surface area (Å²) in [4.78, 5) is 35.3. The molecule has 1 saturated heterocycles. The van der Waals surface area contributed by atoms with Gasteiger partial charge in [-0.15, -0.1) is 0 Å². The number of aliphatic hydroxyl groups excluding tert-OH is 1. The molecule has 1 aliphatic heterocycles. The van der Waals surface area contributed by atoms with Crippen molar-refractivity contribution in [1.29, 1.82) is 0 Å². The van der Waals surface area contributed by atoms with E-state index < -0.39 is 48.8 Å². The molecule has 2 N–H and O–H groups in total. The third-order valence-corrected chi connectivity index (χ3v) is 6.44. The summed E-state index contributed by atoms with van der Waals surface area (Å²) in [5.74, 6) is -1.97. The molecule has 0 amide bonds. The van der Waals surface area contributed by atoms with Gasteiger partial charge in [0.25, 0.3) is 0 Å². The lowest BCUT2D eigenvalue weighted by Gasteiger charge is -2.42. The number of carbonyl (C=O) groups excluding carboxylic acids is 3. The molecule has 1 heterocycles. The SMILES string of the molecule is CC(=O)OC1OC(Oc2ccc(O)cc2CC=C(C)CCC=C(C)CCC=C(C)C)C(O)C(OC(C)=O)C1OC(C)=O. The second-order valence-corrected chi connectivity index (χ2v) is 10.7. The van der Waals surface area contributed by atoms with E-state index in [4.69, 9.17) is 23.7 Å². The third kappa shape index (κ3) is 11.7. The van der Waals surface area contributed by atoms with Gasteiger partial charge in [-0.3, -0.25) is 19.1 Å². The molecular weight excluding hydrogens is 544 g/mol. The van der Waals surface area contributed by atoms with Crippen molar-refractivity contribution in [2.75, 3.05) is 0 Å². The zero-order valence-electron chi connectivity index (χ0n) is 25.5. The van der Waals surface area contributed by atoms with Gasteiger partial charge in [0.05, 0.1) is 0 Å². The second-order valence-electron chi connectivity index (χ2n) is 10.7. The molecular formula is C32H44O10. The topological polar surface area (TPSA) is 138 Å². The molecule has 0 spiro atoms. The number of benzene rings is 1. The number of phenolic OH excluding ortho intramolecular Hbond substituents is 1. The summed E-state index contributed by atoms with van der Waals surface area (Å²) in [5.41, 5.74) is 4.43. The van der Waals surface area contributed by atoms with Crippen molar-refractivity contribution in [2.24, 2.45) is 0 Å². The zero-order chi connectivity index (χ0) is 31.4. The Hall–Kier alpha value is -3.63. The highest BCUT2D eigenvalue weighted by Gasteiger charge is 2.52. The van der Waals surface area contributed by atoms with Crippen LogP contribution < -0.4 is 4.74 Å². The first-order valence-electron chi connectivity index (χ1n) is 14.0. The normalized spacial score (nSPS) is 22.6. The average Bonchev–Trinajstić information content (AvgIpc) is 2.87. The van der Waals surface area contributed by atoms with E-state index in [9.17, 15) is 24.6 Å². The highest BCUT2D eigenvalue weighted by atomic mass is 16.8. The number of carbonyl (C=O) groups is 3. The molecule has 1 aromatic rings. The minimum absolute atomic E-state index is 0.0222. The van der Waals surface area contributed by atoms with Crippen LogP contribution in [0.25, 0.3) is 0 Å². The first-order valence-corrected chi connectivity index (χ1v) is 14.0. The lowest BCUT2D eigenvalue weighted by atomic mass is 10.0. The number of aromatic hydroxyl groups is 1. The average molecular weight is 589 g/mol. The molecule has 0 aliphatic carbocycles. The van der Waals surface area contributed by atoms with E-state index >= 15 is 0 Å². The lowest BCUT2D eigenvalue weighted by molar-refractivity contribution is -0.327. The van der Waals surface area contributed by atoms with Crippen molar-refractivity contribution in [3.05, 3.63) is 58.7 Å². The first kappa shape index (κ1) is 34.6. The van der Waals surface area contributed by atoms with Crippen LogP contribution in [-0.4, -0.2) is 59.0 Å². The molecule has 0 bridgehead atoms. The monoisotopic (exact) mass is 588 g/mol. The van der Waals surface area contributed by atoms with Gasteiger partial charge in [-0.1, -0.05) is 34.9 Å². The van der Waals surface area contributed by atoms with E-state index in [-0.39, 0.29) is 11.5 Å². The van der Waals surface area contributed by atoms with Crippen LogP contribution in [-0.2, 0) is 39.8 Å². The molecule has 10 nitrogen and oxygen atoms in total. The number of hydrogen-bond acceptors (Lipinski definition) is 10.